The van der Waals surface area contributed by atoms with Crippen molar-refractivity contribution in [3.8, 4) is 0 Å². The Kier molecular flexibility index (Phi) is 2.38. The Morgan fingerprint density at radius 3 is 2.27 bits per heavy atom. The van der Waals surface area contributed by atoms with Gasteiger partial charge in [-0.3, -0.25) is 14.4 Å². The second kappa shape index (κ2) is 3.84. The van der Waals surface area contributed by atoms with E-state index in [1.807, 2.05) is 6.07 Å². The number of carbonyl (C=O) groups is 3. The molecule has 1 aromatic carbocycles. The number of carbonyl (C=O) groups excluding carboxylic acids is 3. The highest BCUT2D eigenvalue weighted by molar-refractivity contribution is 6.25. The lowest BCUT2D eigenvalue weighted by Gasteiger charge is -2.39. The van der Waals surface area contributed by atoms with Crippen molar-refractivity contribution in [2.75, 3.05) is 4.90 Å². The van der Waals surface area contributed by atoms with Crippen LogP contribution in [0.2, 0.25) is 0 Å². The summed E-state index contributed by atoms with van der Waals surface area (Å²) in [6.07, 6.45) is -0.796. The summed E-state index contributed by atoms with van der Waals surface area (Å²) in [6, 6.07) is 8.86. The largest absolute Gasteiger partial charge is 0.362 e. The first kappa shape index (κ1) is 13.6. The van der Waals surface area contributed by atoms with E-state index >= 15 is 0 Å². The molecule has 2 bridgehead atoms. The topological polar surface area (TPSA) is 63.7 Å². The minimum absolute atomic E-state index is 0.0766. The highest BCUT2D eigenvalue weighted by Crippen LogP contribution is 2.61. The van der Waals surface area contributed by atoms with E-state index in [0.29, 0.717) is 5.69 Å². The van der Waals surface area contributed by atoms with Gasteiger partial charge in [0.05, 0.1) is 28.5 Å². The van der Waals surface area contributed by atoms with Gasteiger partial charge in [0.15, 0.2) is 5.78 Å². The van der Waals surface area contributed by atoms with Gasteiger partial charge in [0, 0.05) is 0 Å². The third kappa shape index (κ3) is 1.27. The summed E-state index contributed by atoms with van der Waals surface area (Å²) in [5, 5.41) is 0. The lowest BCUT2D eigenvalue weighted by Crippen LogP contribution is -2.54. The van der Waals surface area contributed by atoms with Crippen molar-refractivity contribution in [1.29, 1.82) is 0 Å². The Morgan fingerprint density at radius 1 is 1.00 bits per heavy atom. The molecule has 0 saturated carbocycles. The van der Waals surface area contributed by atoms with Gasteiger partial charge in [0.25, 0.3) is 0 Å². The minimum Gasteiger partial charge on any atom is -0.362 e. The van der Waals surface area contributed by atoms with E-state index in [0.717, 1.165) is 0 Å². The van der Waals surface area contributed by atoms with Gasteiger partial charge in [0.2, 0.25) is 11.8 Å². The lowest BCUT2D eigenvalue weighted by atomic mass is 9.60. The summed E-state index contributed by atoms with van der Waals surface area (Å²) in [6.45, 7) is 5.39. The molecular weight excluding hydrogens is 282 g/mol. The molecule has 2 amide bonds. The number of ether oxygens (including phenoxy) is 1. The van der Waals surface area contributed by atoms with Gasteiger partial charge in [-0.25, -0.2) is 4.90 Å². The fourth-order valence-corrected chi connectivity index (χ4v) is 4.17. The molecule has 3 aliphatic rings. The molecule has 1 aromatic rings. The molecule has 5 nitrogen and oxygen atoms in total. The van der Waals surface area contributed by atoms with Gasteiger partial charge < -0.3 is 4.74 Å². The third-order valence-corrected chi connectivity index (χ3v) is 5.77. The average Bonchev–Trinajstić information content (AvgIpc) is 3.00. The zero-order valence-corrected chi connectivity index (χ0v) is 12.7. The predicted octanol–water partition coefficient (Wildman–Crippen LogP) is 1.56. The summed E-state index contributed by atoms with van der Waals surface area (Å²) in [5.41, 5.74) is -1.13. The normalized spacial score (nSPS) is 38.8. The van der Waals surface area contributed by atoms with Gasteiger partial charge in [-0.05, 0) is 32.9 Å². The molecule has 0 unspecified atom stereocenters. The average molecular weight is 299 g/mol. The Balaban J connectivity index is 1.83. The number of para-hydroxylation sites is 1. The van der Waals surface area contributed by atoms with Crippen molar-refractivity contribution in [2.45, 2.75) is 32.5 Å². The molecule has 3 aliphatic heterocycles. The Labute approximate surface area is 128 Å². The molecule has 0 N–H and O–H groups in total. The fourth-order valence-electron chi connectivity index (χ4n) is 4.17. The van der Waals surface area contributed by atoms with Gasteiger partial charge in [-0.2, -0.15) is 0 Å². The van der Waals surface area contributed by atoms with Crippen molar-refractivity contribution in [3.05, 3.63) is 30.3 Å². The summed E-state index contributed by atoms with van der Waals surface area (Å²) in [4.78, 5) is 39.4. The van der Waals surface area contributed by atoms with E-state index < -0.39 is 29.0 Å². The van der Waals surface area contributed by atoms with E-state index in [2.05, 4.69) is 0 Å². The highest BCUT2D eigenvalue weighted by atomic mass is 16.5. The standard InChI is InChI=1S/C17H17NO4/c1-16(2)13(19)12-10-11(17(16,3)22-12)15(21)18(14(10)20)9-7-5-4-6-8-9/h4-8,10-12H,1-3H3/t10-,11-,12-,17+/m1/s1. The number of rotatable bonds is 1. The van der Waals surface area contributed by atoms with Crippen molar-refractivity contribution in [1.82, 2.24) is 0 Å². The van der Waals surface area contributed by atoms with Crippen LogP contribution in [0.25, 0.3) is 0 Å². The van der Waals surface area contributed by atoms with E-state index in [9.17, 15) is 14.4 Å². The molecule has 4 rings (SSSR count). The molecule has 3 heterocycles. The van der Waals surface area contributed by atoms with Crippen LogP contribution < -0.4 is 4.90 Å². The molecule has 3 saturated heterocycles. The van der Waals surface area contributed by atoms with E-state index in [1.165, 1.54) is 4.90 Å². The Bertz CT molecular complexity index is 711. The number of hydrogen-bond donors (Lipinski definition) is 0. The molecule has 22 heavy (non-hydrogen) atoms. The maximum absolute atomic E-state index is 12.9. The second-order valence-electron chi connectivity index (χ2n) is 6.99. The van der Waals surface area contributed by atoms with Crippen LogP contribution in [-0.2, 0) is 19.1 Å². The summed E-state index contributed by atoms with van der Waals surface area (Å²) in [7, 11) is 0. The summed E-state index contributed by atoms with van der Waals surface area (Å²) < 4.78 is 5.86. The number of ketones is 1. The van der Waals surface area contributed by atoms with Crippen LogP contribution in [0.15, 0.2) is 30.3 Å². The fraction of sp³-hybridized carbons (Fsp3) is 0.471. The Hall–Kier alpha value is -2.01. The number of nitrogens with zero attached hydrogens (tertiary/aromatic N) is 1. The molecule has 0 radical (unpaired) electrons. The first-order valence-corrected chi connectivity index (χ1v) is 7.46. The minimum atomic E-state index is -0.921. The number of amides is 2. The molecule has 5 heteroatoms. The quantitative estimate of drug-likeness (QED) is 0.738. The van der Waals surface area contributed by atoms with Gasteiger partial charge in [-0.1, -0.05) is 18.2 Å². The van der Waals surface area contributed by atoms with E-state index in [-0.39, 0.29) is 17.6 Å². The Morgan fingerprint density at radius 2 is 1.64 bits per heavy atom. The SMILES string of the molecule is CC1(C)C(=O)[C@@H]2O[C@@]1(C)[C@H]1C(=O)N(c3ccccc3)C(=O)[C@@H]21. The first-order valence-electron chi connectivity index (χ1n) is 7.46. The number of Topliss-reactive ketones (excluding diaryl/α,β-unsaturated/α-hetero) is 1. The number of hydrogen-bond acceptors (Lipinski definition) is 4. The lowest BCUT2D eigenvalue weighted by molar-refractivity contribution is -0.137. The van der Waals surface area contributed by atoms with E-state index in [1.54, 1.807) is 45.0 Å². The van der Waals surface area contributed by atoms with E-state index in [4.69, 9.17) is 4.74 Å². The molecule has 0 spiro atoms. The van der Waals surface area contributed by atoms with Crippen molar-refractivity contribution in [3.63, 3.8) is 0 Å². The molecule has 0 aromatic heterocycles. The van der Waals surface area contributed by atoms with Gasteiger partial charge >= 0.3 is 0 Å². The molecule has 4 atom stereocenters. The first-order chi connectivity index (χ1) is 10.3. The monoisotopic (exact) mass is 299 g/mol. The highest BCUT2D eigenvalue weighted by Gasteiger charge is 2.77. The molecule has 0 aliphatic carbocycles. The third-order valence-electron chi connectivity index (χ3n) is 5.77. The number of benzene rings is 1. The van der Waals surface area contributed by atoms with Crippen LogP contribution in [0.3, 0.4) is 0 Å². The maximum atomic E-state index is 12.9. The summed E-state index contributed by atoms with van der Waals surface area (Å²) in [5.74, 6) is -1.92. The second-order valence-corrected chi connectivity index (χ2v) is 6.99. The maximum Gasteiger partial charge on any atom is 0.240 e. The zero-order valence-electron chi connectivity index (χ0n) is 12.7. The molecule has 114 valence electrons. The molecule has 3 fully saturated rings. The van der Waals surface area contributed by atoms with Crippen LogP contribution in [0.5, 0.6) is 0 Å². The van der Waals surface area contributed by atoms with Crippen LogP contribution in [-0.4, -0.2) is 29.3 Å². The van der Waals surface area contributed by atoms with Crippen LogP contribution in [0.4, 0.5) is 5.69 Å². The number of imide groups is 1. The number of anilines is 1. The number of fused-ring (bicyclic) bond motifs is 5. The van der Waals surface area contributed by atoms with Crippen LogP contribution >= 0.6 is 0 Å². The smallest absolute Gasteiger partial charge is 0.240 e. The van der Waals surface area contributed by atoms with Gasteiger partial charge in [0.1, 0.15) is 6.10 Å². The predicted molar refractivity (Wildman–Crippen MR) is 78.0 cm³/mol. The summed E-state index contributed by atoms with van der Waals surface area (Å²) >= 11 is 0. The van der Waals surface area contributed by atoms with Crippen molar-refractivity contribution in [2.24, 2.45) is 17.3 Å². The zero-order chi connectivity index (χ0) is 15.9. The van der Waals surface area contributed by atoms with Crippen LogP contribution in [0.1, 0.15) is 20.8 Å². The van der Waals surface area contributed by atoms with Gasteiger partial charge in [-0.15, -0.1) is 0 Å². The van der Waals surface area contributed by atoms with Crippen LogP contribution in [0, 0.1) is 17.3 Å². The van der Waals surface area contributed by atoms with Crippen molar-refractivity contribution >= 4 is 23.3 Å². The van der Waals surface area contributed by atoms with Crippen molar-refractivity contribution < 1.29 is 19.1 Å². The molecular formula is C17H17NO4.